The lowest BCUT2D eigenvalue weighted by Gasteiger charge is -2.38. The molecule has 1 N–H and O–H groups in total. The summed E-state index contributed by atoms with van der Waals surface area (Å²) in [7, 11) is 3.14. The predicted molar refractivity (Wildman–Crippen MR) is 183 cm³/mol. The fourth-order valence-corrected chi connectivity index (χ4v) is 9.12. The fraction of sp³-hybridized carbons (Fsp3) is 0.500. The van der Waals surface area contributed by atoms with Crippen LogP contribution in [0.3, 0.4) is 0 Å². The number of ether oxygens (including phenoxy) is 2. The van der Waals surface area contributed by atoms with Crippen LogP contribution in [0.25, 0.3) is 32.1 Å². The number of hydrogen-bond acceptors (Lipinski definition) is 10. The zero-order valence-electron chi connectivity index (χ0n) is 27.1. The van der Waals surface area contributed by atoms with Crippen molar-refractivity contribution in [1.82, 2.24) is 19.8 Å². The third-order valence-electron chi connectivity index (χ3n) is 10.2. The first kappa shape index (κ1) is 32.1. The SMILES string of the molecule is CNc1sc2c(F)ccc(-c3c(Cl)c(OC)c4c(N5CCN(C(C)C)CC5)nc(OCC56CCCN5CCC6)nc4c3F)c2c1C#N. The van der Waals surface area contributed by atoms with E-state index in [1.54, 1.807) is 7.05 Å². The minimum Gasteiger partial charge on any atom is -0.494 e. The number of methoxy groups -OCH3 is 1. The van der Waals surface area contributed by atoms with E-state index in [1.165, 1.54) is 19.2 Å². The summed E-state index contributed by atoms with van der Waals surface area (Å²) in [6, 6.07) is 5.38. The monoisotopic (exact) mass is 681 g/mol. The average Bonchev–Trinajstić information content (AvgIpc) is 3.78. The molecule has 2 aromatic carbocycles. The largest absolute Gasteiger partial charge is 0.494 e. The summed E-state index contributed by atoms with van der Waals surface area (Å²) in [4.78, 5) is 16.6. The van der Waals surface area contributed by atoms with Gasteiger partial charge >= 0.3 is 6.01 Å². The Labute approximate surface area is 282 Å². The molecule has 0 saturated carbocycles. The van der Waals surface area contributed by atoms with Gasteiger partial charge in [-0.15, -0.1) is 11.3 Å². The standard InChI is InChI=1S/C34H38ClF2N7O2S/c1-19(2)42-13-15-43(16-14-42)31-25-28(40-33(41-31)46-18-34-9-5-11-44(34)12-6-10-34)27(37)24(26(35)29(25)45-4)20-7-8-22(36)30-23(20)21(17-38)32(39-3)47-30/h7-8,19,39H,5-6,9-16,18H2,1-4H3. The van der Waals surface area contributed by atoms with E-state index in [-0.39, 0.29) is 54.6 Å². The summed E-state index contributed by atoms with van der Waals surface area (Å²) >= 11 is 8.15. The molecule has 0 unspecified atom stereocenters. The molecule has 13 heteroatoms. The van der Waals surface area contributed by atoms with Crippen LogP contribution in [0.5, 0.6) is 11.8 Å². The maximum atomic E-state index is 17.2. The zero-order chi connectivity index (χ0) is 33.0. The zero-order valence-corrected chi connectivity index (χ0v) is 28.6. The number of nitrogens with zero attached hydrogens (tertiary/aromatic N) is 6. The molecule has 7 rings (SSSR count). The van der Waals surface area contributed by atoms with E-state index in [1.807, 2.05) is 0 Å². The van der Waals surface area contributed by atoms with Crippen LogP contribution >= 0.6 is 22.9 Å². The molecule has 3 aliphatic heterocycles. The number of aromatic nitrogens is 2. The minimum absolute atomic E-state index is 0.000193. The molecule has 0 bridgehead atoms. The smallest absolute Gasteiger partial charge is 0.319 e. The van der Waals surface area contributed by atoms with Crippen LogP contribution in [-0.2, 0) is 0 Å². The third kappa shape index (κ3) is 5.23. The van der Waals surface area contributed by atoms with E-state index in [4.69, 9.17) is 31.0 Å². The maximum Gasteiger partial charge on any atom is 0.319 e. The van der Waals surface area contributed by atoms with Crippen molar-refractivity contribution in [1.29, 1.82) is 5.26 Å². The maximum absolute atomic E-state index is 17.2. The van der Waals surface area contributed by atoms with E-state index in [2.05, 4.69) is 39.9 Å². The molecule has 5 heterocycles. The van der Waals surface area contributed by atoms with Gasteiger partial charge in [-0.05, 0) is 64.3 Å². The molecule has 3 fully saturated rings. The van der Waals surface area contributed by atoms with Crippen molar-refractivity contribution >= 4 is 54.7 Å². The van der Waals surface area contributed by atoms with Crippen LogP contribution in [0.2, 0.25) is 5.02 Å². The van der Waals surface area contributed by atoms with Gasteiger partial charge in [0.05, 0.1) is 33.3 Å². The van der Waals surface area contributed by atoms with Gasteiger partial charge in [0, 0.05) is 50.2 Å². The second-order valence-electron chi connectivity index (χ2n) is 12.9. The van der Waals surface area contributed by atoms with Crippen LogP contribution in [-0.4, -0.2) is 91.4 Å². The van der Waals surface area contributed by atoms with Gasteiger partial charge in [-0.2, -0.15) is 15.2 Å². The summed E-state index contributed by atoms with van der Waals surface area (Å²) in [6.07, 6.45) is 4.33. The van der Waals surface area contributed by atoms with E-state index in [9.17, 15) is 5.26 Å². The van der Waals surface area contributed by atoms with Crippen molar-refractivity contribution in [3.8, 4) is 29.0 Å². The van der Waals surface area contributed by atoms with Gasteiger partial charge in [0.15, 0.2) is 11.6 Å². The van der Waals surface area contributed by atoms with Crippen LogP contribution in [0.1, 0.15) is 45.1 Å². The summed E-state index contributed by atoms with van der Waals surface area (Å²) in [5.74, 6) is -0.512. The molecule has 0 amide bonds. The van der Waals surface area contributed by atoms with Gasteiger partial charge in [0.2, 0.25) is 0 Å². The molecule has 2 aromatic heterocycles. The van der Waals surface area contributed by atoms with Crippen molar-refractivity contribution in [2.45, 2.75) is 51.1 Å². The normalized spacial score (nSPS) is 18.3. The number of piperazine rings is 1. The number of fused-ring (bicyclic) bond motifs is 3. The average molecular weight is 682 g/mol. The number of halogens is 3. The van der Waals surface area contributed by atoms with E-state index >= 15 is 8.78 Å². The molecule has 0 atom stereocenters. The molecule has 9 nitrogen and oxygen atoms in total. The van der Waals surface area contributed by atoms with Crippen molar-refractivity contribution in [2.75, 3.05) is 70.2 Å². The highest BCUT2D eigenvalue weighted by Gasteiger charge is 2.45. The van der Waals surface area contributed by atoms with Crippen LogP contribution in [0.4, 0.5) is 19.6 Å². The molecule has 3 saturated heterocycles. The van der Waals surface area contributed by atoms with Gasteiger partial charge in [-0.3, -0.25) is 9.80 Å². The third-order valence-corrected chi connectivity index (χ3v) is 11.7. The lowest BCUT2D eigenvalue weighted by Crippen LogP contribution is -2.49. The Morgan fingerprint density at radius 1 is 1.09 bits per heavy atom. The van der Waals surface area contributed by atoms with E-state index in [0.717, 1.165) is 63.2 Å². The number of benzene rings is 2. The molecular formula is C34H38ClF2N7O2S. The molecule has 0 radical (unpaired) electrons. The second-order valence-corrected chi connectivity index (χ2v) is 14.3. The molecule has 248 valence electrons. The number of anilines is 2. The van der Waals surface area contributed by atoms with E-state index in [0.29, 0.717) is 41.9 Å². The van der Waals surface area contributed by atoms with Crippen LogP contribution < -0.4 is 19.7 Å². The molecule has 0 aliphatic carbocycles. The molecular weight excluding hydrogens is 644 g/mol. The number of rotatable bonds is 8. The lowest BCUT2D eigenvalue weighted by atomic mass is 9.95. The summed E-state index contributed by atoms with van der Waals surface area (Å²) < 4.78 is 44.9. The summed E-state index contributed by atoms with van der Waals surface area (Å²) in [5, 5.41) is 14.2. The summed E-state index contributed by atoms with van der Waals surface area (Å²) in [5.41, 5.74) is 0.413. The Hall–Kier alpha value is -3.50. The molecule has 4 aromatic rings. The number of hydrogen-bond donors (Lipinski definition) is 1. The van der Waals surface area contributed by atoms with Crippen molar-refractivity contribution in [3.05, 3.63) is 34.4 Å². The van der Waals surface area contributed by atoms with Crippen molar-refractivity contribution in [3.63, 3.8) is 0 Å². The number of nitriles is 1. The topological polar surface area (TPSA) is 89.8 Å². The molecule has 3 aliphatic rings. The molecule has 0 spiro atoms. The van der Waals surface area contributed by atoms with Crippen LogP contribution in [0.15, 0.2) is 12.1 Å². The predicted octanol–water partition coefficient (Wildman–Crippen LogP) is 6.90. The first-order valence-electron chi connectivity index (χ1n) is 16.2. The van der Waals surface area contributed by atoms with Gasteiger partial charge in [-0.25, -0.2) is 8.78 Å². The highest BCUT2D eigenvalue weighted by Crippen LogP contribution is 2.50. The lowest BCUT2D eigenvalue weighted by molar-refractivity contribution is 0.108. The van der Waals surface area contributed by atoms with Gasteiger partial charge in [0.1, 0.15) is 34.8 Å². The number of nitrogens with one attached hydrogen (secondary N) is 1. The number of thiophene rings is 1. The minimum atomic E-state index is -0.712. The van der Waals surface area contributed by atoms with Gasteiger partial charge in [0.25, 0.3) is 0 Å². The Morgan fingerprint density at radius 3 is 2.45 bits per heavy atom. The van der Waals surface area contributed by atoms with E-state index < -0.39 is 11.6 Å². The fourth-order valence-electron chi connectivity index (χ4n) is 7.73. The molecule has 47 heavy (non-hydrogen) atoms. The van der Waals surface area contributed by atoms with Crippen molar-refractivity contribution < 1.29 is 18.3 Å². The highest BCUT2D eigenvalue weighted by atomic mass is 35.5. The Bertz CT molecular complexity index is 1890. The van der Waals surface area contributed by atoms with Crippen molar-refractivity contribution in [2.24, 2.45) is 0 Å². The first-order chi connectivity index (χ1) is 22.7. The second kappa shape index (κ2) is 12.5. The quantitative estimate of drug-likeness (QED) is 0.213. The highest BCUT2D eigenvalue weighted by molar-refractivity contribution is 7.23. The Kier molecular flexibility index (Phi) is 8.53. The van der Waals surface area contributed by atoms with Gasteiger partial charge < -0.3 is 19.7 Å². The van der Waals surface area contributed by atoms with Gasteiger partial charge in [-0.1, -0.05) is 17.7 Å². The van der Waals surface area contributed by atoms with Crippen LogP contribution in [0, 0.1) is 23.0 Å². The first-order valence-corrected chi connectivity index (χ1v) is 17.4. The Balaban J connectivity index is 1.43. The Morgan fingerprint density at radius 2 is 1.81 bits per heavy atom. The summed E-state index contributed by atoms with van der Waals surface area (Å²) in [6.45, 7) is 9.82.